The summed E-state index contributed by atoms with van der Waals surface area (Å²) in [6, 6.07) is 11.3. The van der Waals surface area contributed by atoms with Gasteiger partial charge in [-0.25, -0.2) is 9.82 Å². The zero-order valence-electron chi connectivity index (χ0n) is 17.5. The van der Waals surface area contributed by atoms with Crippen LogP contribution in [0.5, 0.6) is 0 Å². The molecule has 1 unspecified atom stereocenters. The van der Waals surface area contributed by atoms with Crippen LogP contribution in [0.2, 0.25) is 5.02 Å². The third-order valence-electron chi connectivity index (χ3n) is 5.49. The standard InChI is InChI=1S/C23H21ClFN5O2/c1-13-11-29(12-16-5-3-15(10-26)4-6-16)23(32)22-9-21(28-30(13)22)17-7-19(25)18(24)8-20(17)27-14(2)31/h3-9,13,21,28H,11-12H2,1-2H3,(H,27,31)/t13-,21?/m0/s1. The summed E-state index contributed by atoms with van der Waals surface area (Å²) in [7, 11) is 0. The number of hydrogen-bond donors (Lipinski definition) is 2. The van der Waals surface area contributed by atoms with Gasteiger partial charge in [0.2, 0.25) is 5.91 Å². The molecular formula is C23H21ClFN5O2. The lowest BCUT2D eigenvalue weighted by Crippen LogP contribution is -2.55. The molecule has 9 heteroatoms. The van der Waals surface area contributed by atoms with Gasteiger partial charge in [-0.05, 0) is 42.8 Å². The van der Waals surface area contributed by atoms with Crippen LogP contribution in [0.3, 0.4) is 0 Å². The van der Waals surface area contributed by atoms with Gasteiger partial charge in [0.05, 0.1) is 28.7 Å². The summed E-state index contributed by atoms with van der Waals surface area (Å²) in [4.78, 5) is 26.6. The summed E-state index contributed by atoms with van der Waals surface area (Å²) in [6.45, 7) is 4.25. The summed E-state index contributed by atoms with van der Waals surface area (Å²) in [5.41, 5.74) is 6.06. The number of rotatable bonds is 4. The quantitative estimate of drug-likeness (QED) is 0.739. The zero-order valence-corrected chi connectivity index (χ0v) is 18.3. The van der Waals surface area contributed by atoms with Crippen molar-refractivity contribution in [3.63, 3.8) is 0 Å². The van der Waals surface area contributed by atoms with E-state index >= 15 is 0 Å². The first-order valence-corrected chi connectivity index (χ1v) is 10.5. The molecule has 2 heterocycles. The topological polar surface area (TPSA) is 88.5 Å². The number of piperazine rings is 1. The number of nitriles is 1. The number of nitrogens with one attached hydrogen (secondary N) is 2. The number of hydrazine groups is 1. The Morgan fingerprint density at radius 3 is 2.72 bits per heavy atom. The Labute approximate surface area is 190 Å². The van der Waals surface area contributed by atoms with Gasteiger partial charge in [-0.2, -0.15) is 5.26 Å². The second kappa shape index (κ2) is 8.61. The van der Waals surface area contributed by atoms with E-state index in [1.807, 2.05) is 19.1 Å². The average Bonchev–Trinajstić information content (AvgIpc) is 3.20. The average molecular weight is 454 g/mol. The van der Waals surface area contributed by atoms with Gasteiger partial charge in [0.25, 0.3) is 5.91 Å². The van der Waals surface area contributed by atoms with Crippen LogP contribution < -0.4 is 10.7 Å². The molecule has 0 saturated carbocycles. The first kappa shape index (κ1) is 21.8. The van der Waals surface area contributed by atoms with Crippen LogP contribution >= 0.6 is 11.6 Å². The highest BCUT2D eigenvalue weighted by atomic mass is 35.5. The summed E-state index contributed by atoms with van der Waals surface area (Å²) in [6.07, 6.45) is 1.73. The number of fused-ring (bicyclic) bond motifs is 1. The Morgan fingerprint density at radius 2 is 2.06 bits per heavy atom. The molecule has 0 aliphatic carbocycles. The largest absolute Gasteiger partial charge is 0.331 e. The Bertz CT molecular complexity index is 1160. The van der Waals surface area contributed by atoms with Crippen molar-refractivity contribution in [2.45, 2.75) is 32.5 Å². The Balaban J connectivity index is 1.61. The van der Waals surface area contributed by atoms with Gasteiger partial charge in [0.15, 0.2) is 0 Å². The van der Waals surface area contributed by atoms with E-state index in [2.05, 4.69) is 16.8 Å². The first-order chi connectivity index (χ1) is 15.3. The van der Waals surface area contributed by atoms with Gasteiger partial charge in [-0.3, -0.25) is 14.6 Å². The number of hydrogen-bond acceptors (Lipinski definition) is 5. The number of halogens is 2. The molecule has 0 radical (unpaired) electrons. The second-order valence-corrected chi connectivity index (χ2v) is 8.31. The van der Waals surface area contributed by atoms with Crippen molar-refractivity contribution in [2.75, 3.05) is 11.9 Å². The first-order valence-electron chi connectivity index (χ1n) is 10.1. The van der Waals surface area contributed by atoms with Crippen molar-refractivity contribution in [1.82, 2.24) is 15.3 Å². The molecule has 164 valence electrons. The van der Waals surface area contributed by atoms with Crippen molar-refractivity contribution in [3.05, 3.63) is 75.7 Å². The van der Waals surface area contributed by atoms with Gasteiger partial charge in [0.1, 0.15) is 11.5 Å². The maximum absolute atomic E-state index is 14.2. The van der Waals surface area contributed by atoms with E-state index in [1.54, 1.807) is 28.1 Å². The van der Waals surface area contributed by atoms with Crippen molar-refractivity contribution < 1.29 is 14.0 Å². The molecule has 7 nitrogen and oxygen atoms in total. The smallest absolute Gasteiger partial charge is 0.271 e. The SMILES string of the molecule is CC(=O)Nc1cc(Cl)c(F)cc1C1C=C2C(=O)N(Cc3ccc(C#N)cc3)C[C@H](C)N2N1. The van der Waals surface area contributed by atoms with Crippen LogP contribution in [0.4, 0.5) is 10.1 Å². The van der Waals surface area contributed by atoms with Crippen LogP contribution in [-0.4, -0.2) is 34.3 Å². The van der Waals surface area contributed by atoms with E-state index in [4.69, 9.17) is 16.9 Å². The monoisotopic (exact) mass is 453 g/mol. The van der Waals surface area contributed by atoms with Crippen LogP contribution in [-0.2, 0) is 16.1 Å². The molecule has 2 atom stereocenters. The molecule has 1 saturated heterocycles. The van der Waals surface area contributed by atoms with Crippen LogP contribution in [0.15, 0.2) is 48.2 Å². The minimum atomic E-state index is -0.609. The normalized spacial score (nSPS) is 20.0. The molecule has 1 fully saturated rings. The van der Waals surface area contributed by atoms with E-state index in [0.717, 1.165) is 5.56 Å². The second-order valence-electron chi connectivity index (χ2n) is 7.91. The highest BCUT2D eigenvalue weighted by Crippen LogP contribution is 2.36. The van der Waals surface area contributed by atoms with Gasteiger partial charge >= 0.3 is 0 Å². The summed E-state index contributed by atoms with van der Waals surface area (Å²) in [5, 5.41) is 13.3. The Morgan fingerprint density at radius 1 is 1.34 bits per heavy atom. The lowest BCUT2D eigenvalue weighted by atomic mass is 10.0. The van der Waals surface area contributed by atoms with E-state index in [0.29, 0.717) is 35.6 Å². The van der Waals surface area contributed by atoms with Crippen LogP contribution in [0.25, 0.3) is 0 Å². The maximum atomic E-state index is 14.2. The number of anilines is 1. The van der Waals surface area contributed by atoms with Gasteiger partial charge < -0.3 is 10.2 Å². The van der Waals surface area contributed by atoms with Gasteiger partial charge in [-0.15, -0.1) is 0 Å². The fraction of sp³-hybridized carbons (Fsp3) is 0.261. The third kappa shape index (κ3) is 4.17. The van der Waals surface area contributed by atoms with Crippen molar-refractivity contribution >= 4 is 29.1 Å². The fourth-order valence-electron chi connectivity index (χ4n) is 4.00. The van der Waals surface area contributed by atoms with Crippen molar-refractivity contribution in [3.8, 4) is 6.07 Å². The van der Waals surface area contributed by atoms with Crippen molar-refractivity contribution in [1.29, 1.82) is 5.26 Å². The van der Waals surface area contributed by atoms with Crippen LogP contribution in [0, 0.1) is 17.1 Å². The van der Waals surface area contributed by atoms with Crippen molar-refractivity contribution in [2.24, 2.45) is 0 Å². The van der Waals surface area contributed by atoms with Crippen LogP contribution in [0.1, 0.15) is 36.6 Å². The summed E-state index contributed by atoms with van der Waals surface area (Å²) >= 11 is 5.91. The number of amides is 2. The van der Waals surface area contributed by atoms with Gasteiger partial charge in [-0.1, -0.05) is 23.7 Å². The molecular weight excluding hydrogens is 433 g/mol. The molecule has 0 aromatic heterocycles. The molecule has 2 aliphatic heterocycles. The highest BCUT2D eigenvalue weighted by Gasteiger charge is 2.39. The third-order valence-corrected chi connectivity index (χ3v) is 5.78. The number of carbonyl (C=O) groups excluding carboxylic acids is 2. The van der Waals surface area contributed by atoms with E-state index in [-0.39, 0.29) is 22.9 Å². The minimum Gasteiger partial charge on any atom is -0.331 e. The Kier molecular flexibility index (Phi) is 5.87. The maximum Gasteiger partial charge on any atom is 0.271 e. The Hall–Kier alpha value is -3.41. The molecule has 0 spiro atoms. The minimum absolute atomic E-state index is 0.0382. The van der Waals surface area contributed by atoms with E-state index in [9.17, 15) is 14.0 Å². The van der Waals surface area contributed by atoms with Gasteiger partial charge in [0, 0.05) is 31.3 Å². The molecule has 2 aromatic rings. The molecule has 2 aliphatic rings. The number of benzene rings is 2. The van der Waals surface area contributed by atoms with E-state index in [1.165, 1.54) is 19.1 Å². The predicted octanol–water partition coefficient (Wildman–Crippen LogP) is 3.49. The number of carbonyl (C=O) groups is 2. The summed E-state index contributed by atoms with van der Waals surface area (Å²) < 4.78 is 14.2. The molecule has 32 heavy (non-hydrogen) atoms. The molecule has 2 amide bonds. The lowest BCUT2D eigenvalue weighted by Gasteiger charge is -2.40. The predicted molar refractivity (Wildman–Crippen MR) is 118 cm³/mol. The van der Waals surface area contributed by atoms with E-state index < -0.39 is 11.9 Å². The molecule has 4 rings (SSSR count). The lowest BCUT2D eigenvalue weighted by molar-refractivity contribution is -0.134. The molecule has 2 N–H and O–H groups in total. The zero-order chi connectivity index (χ0) is 23.0. The summed E-state index contributed by atoms with van der Waals surface area (Å²) in [5.74, 6) is -1.07. The number of nitrogens with zero attached hydrogens (tertiary/aromatic N) is 3. The molecule has 0 bridgehead atoms. The molecule has 2 aromatic carbocycles. The highest BCUT2D eigenvalue weighted by molar-refractivity contribution is 6.31. The fourth-order valence-corrected chi connectivity index (χ4v) is 4.16.